The number of hydrogen-bond donors (Lipinski definition) is 4. The minimum Gasteiger partial charge on any atom is -0.461 e. The van der Waals surface area contributed by atoms with E-state index in [1.54, 1.807) is 36.3 Å². The Morgan fingerprint density at radius 1 is 1.43 bits per heavy atom. The molecule has 0 spiro atoms. The summed E-state index contributed by atoms with van der Waals surface area (Å²) in [6.45, 7) is 5.24. The molecule has 0 amide bonds. The molecule has 0 radical (unpaired) electrons. The van der Waals surface area contributed by atoms with Gasteiger partial charge in [0, 0.05) is 38.3 Å². The number of nitrogens with one attached hydrogen (secondary N) is 3. The summed E-state index contributed by atoms with van der Waals surface area (Å²) in [5.41, 5.74) is -0.374. The third-order valence-electron chi connectivity index (χ3n) is 4.14. The van der Waals surface area contributed by atoms with E-state index in [-0.39, 0.29) is 6.54 Å². The lowest BCUT2D eigenvalue weighted by Crippen LogP contribution is -2.39. The van der Waals surface area contributed by atoms with E-state index < -0.39 is 5.60 Å². The Kier molecular flexibility index (Phi) is 6.09. The van der Waals surface area contributed by atoms with Crippen molar-refractivity contribution in [2.45, 2.75) is 25.9 Å². The van der Waals surface area contributed by atoms with Crippen molar-refractivity contribution in [3.05, 3.63) is 42.2 Å². The van der Waals surface area contributed by atoms with Crippen LogP contribution in [0.5, 0.6) is 0 Å². The Labute approximate surface area is 163 Å². The molecule has 1 unspecified atom stereocenters. The lowest BCUT2D eigenvalue weighted by atomic mass is 10.0. The number of aliphatic hydroxyl groups is 1. The van der Waals surface area contributed by atoms with Gasteiger partial charge in [-0.15, -0.1) is 0 Å². The monoisotopic (exact) mass is 386 g/mol. The molecule has 3 aromatic heterocycles. The van der Waals surface area contributed by atoms with Gasteiger partial charge in [0.1, 0.15) is 11.4 Å². The molecule has 0 aromatic carbocycles. The summed E-state index contributed by atoms with van der Waals surface area (Å²) in [5, 5.41) is 28.2. The van der Waals surface area contributed by atoms with Gasteiger partial charge in [0.15, 0.2) is 11.7 Å². The van der Waals surface area contributed by atoms with Gasteiger partial charge in [-0.1, -0.05) is 0 Å². The van der Waals surface area contributed by atoms with Crippen LogP contribution in [0, 0.1) is 0 Å². The van der Waals surface area contributed by atoms with Crippen molar-refractivity contribution in [2.75, 3.05) is 19.6 Å². The van der Waals surface area contributed by atoms with Crippen LogP contribution in [0.2, 0.25) is 0 Å². The number of aliphatic imine (C=N–C) groups is 1. The third-order valence-corrected chi connectivity index (χ3v) is 4.14. The topological polar surface area (TPSA) is 129 Å². The lowest BCUT2D eigenvalue weighted by molar-refractivity contribution is 0.0672. The SMILES string of the molecule is CCNC(=NCC(C)(O)c1cnn(C)c1)NCCc1nc(-c2ccco2)n[nH]1. The van der Waals surface area contributed by atoms with Crippen LogP contribution in [0.25, 0.3) is 11.6 Å². The van der Waals surface area contributed by atoms with Gasteiger partial charge >= 0.3 is 0 Å². The van der Waals surface area contributed by atoms with Crippen LogP contribution in [0.15, 0.2) is 40.2 Å². The molecule has 0 aliphatic heterocycles. The van der Waals surface area contributed by atoms with Crippen molar-refractivity contribution in [1.29, 1.82) is 0 Å². The van der Waals surface area contributed by atoms with Crippen LogP contribution in [0.1, 0.15) is 25.2 Å². The highest BCUT2D eigenvalue weighted by atomic mass is 16.3. The highest BCUT2D eigenvalue weighted by Gasteiger charge is 2.24. The molecular formula is C18H26N8O2. The van der Waals surface area contributed by atoms with Crippen molar-refractivity contribution >= 4 is 5.96 Å². The number of nitrogens with zero attached hydrogens (tertiary/aromatic N) is 5. The minimum atomic E-state index is -1.10. The summed E-state index contributed by atoms with van der Waals surface area (Å²) in [6.07, 6.45) is 5.66. The zero-order valence-corrected chi connectivity index (χ0v) is 16.3. The molecule has 0 saturated heterocycles. The number of aromatic nitrogens is 5. The van der Waals surface area contributed by atoms with Gasteiger partial charge in [-0.2, -0.15) is 10.2 Å². The maximum absolute atomic E-state index is 10.7. The Morgan fingerprint density at radius 2 is 2.29 bits per heavy atom. The standard InChI is InChI=1S/C18H26N8O2/c1-4-19-17(21-12-18(2,27)13-10-22-26(3)11-13)20-8-7-15-23-16(25-24-15)14-6-5-9-28-14/h5-6,9-11,27H,4,7-8,12H2,1-3H3,(H2,19,20,21)(H,23,24,25). The lowest BCUT2D eigenvalue weighted by Gasteiger charge is -2.20. The molecule has 0 fully saturated rings. The van der Waals surface area contributed by atoms with Crippen LogP contribution in [-0.4, -0.2) is 55.7 Å². The number of rotatable bonds is 8. The Balaban J connectivity index is 1.55. The largest absolute Gasteiger partial charge is 0.461 e. The molecule has 28 heavy (non-hydrogen) atoms. The zero-order valence-electron chi connectivity index (χ0n) is 16.3. The number of aryl methyl sites for hydroxylation is 1. The maximum atomic E-state index is 10.7. The number of H-pyrrole nitrogens is 1. The highest BCUT2D eigenvalue weighted by Crippen LogP contribution is 2.19. The first-order valence-corrected chi connectivity index (χ1v) is 9.17. The van der Waals surface area contributed by atoms with Crippen LogP contribution in [-0.2, 0) is 19.1 Å². The fourth-order valence-electron chi connectivity index (χ4n) is 2.59. The van der Waals surface area contributed by atoms with E-state index in [0.717, 1.165) is 11.4 Å². The van der Waals surface area contributed by atoms with Gasteiger partial charge in [0.25, 0.3) is 0 Å². The number of aromatic amines is 1. The average Bonchev–Trinajstić information content (AvgIpc) is 3.41. The van der Waals surface area contributed by atoms with E-state index in [1.165, 1.54) is 0 Å². The van der Waals surface area contributed by atoms with Crippen molar-refractivity contribution < 1.29 is 9.52 Å². The van der Waals surface area contributed by atoms with Crippen molar-refractivity contribution in [1.82, 2.24) is 35.6 Å². The first kappa shape index (κ1) is 19.6. The van der Waals surface area contributed by atoms with Crippen molar-refractivity contribution in [3.8, 4) is 11.6 Å². The summed E-state index contributed by atoms with van der Waals surface area (Å²) in [5.74, 6) is 2.53. The fourth-order valence-corrected chi connectivity index (χ4v) is 2.59. The van der Waals surface area contributed by atoms with Gasteiger partial charge in [-0.05, 0) is 26.0 Å². The molecule has 150 valence electrons. The molecule has 10 nitrogen and oxygen atoms in total. The van der Waals surface area contributed by atoms with E-state index in [2.05, 4.69) is 35.9 Å². The molecule has 0 aliphatic carbocycles. The predicted molar refractivity (Wildman–Crippen MR) is 105 cm³/mol. The Morgan fingerprint density at radius 3 is 2.96 bits per heavy atom. The van der Waals surface area contributed by atoms with E-state index in [4.69, 9.17) is 4.42 Å². The van der Waals surface area contributed by atoms with E-state index >= 15 is 0 Å². The van der Waals surface area contributed by atoms with Gasteiger partial charge in [0.2, 0.25) is 5.82 Å². The first-order valence-electron chi connectivity index (χ1n) is 9.17. The molecule has 0 aliphatic rings. The van der Waals surface area contributed by atoms with E-state index in [9.17, 15) is 5.11 Å². The zero-order chi connectivity index (χ0) is 20.0. The molecule has 4 N–H and O–H groups in total. The smallest absolute Gasteiger partial charge is 0.216 e. The van der Waals surface area contributed by atoms with Crippen molar-refractivity contribution in [2.24, 2.45) is 12.0 Å². The van der Waals surface area contributed by atoms with E-state index in [0.29, 0.717) is 37.1 Å². The molecule has 0 saturated carbocycles. The predicted octanol–water partition coefficient (Wildman–Crippen LogP) is 0.804. The first-order chi connectivity index (χ1) is 13.5. The van der Waals surface area contributed by atoms with E-state index in [1.807, 2.05) is 20.0 Å². The highest BCUT2D eigenvalue weighted by molar-refractivity contribution is 5.79. The fraction of sp³-hybridized carbons (Fsp3) is 0.444. The molecule has 3 heterocycles. The summed E-state index contributed by atoms with van der Waals surface area (Å²) >= 11 is 0. The minimum absolute atomic E-state index is 0.207. The molecule has 1 atom stereocenters. The second kappa shape index (κ2) is 8.70. The quantitative estimate of drug-likeness (QED) is 0.333. The Hall–Kier alpha value is -3.14. The summed E-state index contributed by atoms with van der Waals surface area (Å²) in [7, 11) is 1.81. The summed E-state index contributed by atoms with van der Waals surface area (Å²) in [6, 6.07) is 3.61. The summed E-state index contributed by atoms with van der Waals surface area (Å²) < 4.78 is 6.95. The average molecular weight is 386 g/mol. The molecule has 10 heteroatoms. The van der Waals surface area contributed by atoms with Crippen LogP contribution >= 0.6 is 0 Å². The van der Waals surface area contributed by atoms with Crippen LogP contribution < -0.4 is 10.6 Å². The van der Waals surface area contributed by atoms with Gasteiger partial charge in [0.05, 0.1) is 19.0 Å². The third kappa shape index (κ3) is 4.97. The Bertz CT molecular complexity index is 894. The molecular weight excluding hydrogens is 360 g/mol. The number of guanidine groups is 1. The van der Waals surface area contributed by atoms with Crippen molar-refractivity contribution in [3.63, 3.8) is 0 Å². The second-order valence-electron chi connectivity index (χ2n) is 6.63. The summed E-state index contributed by atoms with van der Waals surface area (Å²) in [4.78, 5) is 8.91. The van der Waals surface area contributed by atoms with Gasteiger partial charge < -0.3 is 20.2 Å². The van der Waals surface area contributed by atoms with Gasteiger partial charge in [-0.25, -0.2) is 9.98 Å². The second-order valence-corrected chi connectivity index (χ2v) is 6.63. The normalized spacial score (nSPS) is 14.1. The maximum Gasteiger partial charge on any atom is 0.216 e. The molecule has 0 bridgehead atoms. The number of furan rings is 1. The number of hydrogen-bond acceptors (Lipinski definition) is 6. The molecule has 3 aromatic rings. The molecule has 3 rings (SSSR count). The van der Waals surface area contributed by atoms with Crippen LogP contribution in [0.3, 0.4) is 0 Å². The van der Waals surface area contributed by atoms with Crippen LogP contribution in [0.4, 0.5) is 0 Å². The van der Waals surface area contributed by atoms with Gasteiger partial charge in [-0.3, -0.25) is 9.78 Å².